The van der Waals surface area contributed by atoms with Crippen LogP contribution in [0.1, 0.15) is 60.1 Å². The number of likely N-dealkylation sites (tertiary alicyclic amines) is 2. The number of nitrogens with one attached hydrogen (secondary N) is 1. The summed E-state index contributed by atoms with van der Waals surface area (Å²) < 4.78 is 0. The lowest BCUT2D eigenvalue weighted by Gasteiger charge is -2.44. The number of H-pyrrole nitrogens is 1. The Balaban J connectivity index is 1.67. The molecule has 146 valence electrons. The fourth-order valence-corrected chi connectivity index (χ4v) is 5.04. The van der Waals surface area contributed by atoms with E-state index in [2.05, 4.69) is 4.98 Å². The molecule has 0 bridgehead atoms. The fourth-order valence-electron chi connectivity index (χ4n) is 5.04. The Kier molecular flexibility index (Phi) is 4.80. The van der Waals surface area contributed by atoms with Crippen LogP contribution in [0.4, 0.5) is 0 Å². The molecule has 0 radical (unpaired) electrons. The van der Waals surface area contributed by atoms with E-state index in [4.69, 9.17) is 0 Å². The van der Waals surface area contributed by atoms with E-state index in [9.17, 15) is 19.5 Å². The molecule has 7 nitrogen and oxygen atoms in total. The van der Waals surface area contributed by atoms with Crippen LogP contribution in [-0.2, 0) is 17.6 Å². The second-order valence-electron chi connectivity index (χ2n) is 7.93. The average Bonchev–Trinajstić information content (AvgIpc) is 3.09. The van der Waals surface area contributed by atoms with Gasteiger partial charge in [0.25, 0.3) is 11.5 Å². The number of amides is 2. The number of aliphatic hydroxyl groups excluding tert-OH is 1. The largest absolute Gasteiger partial charge is 0.395 e. The van der Waals surface area contributed by atoms with E-state index in [-0.39, 0.29) is 29.5 Å². The molecular weight excluding hydrogens is 346 g/mol. The number of hydrogen-bond donors (Lipinski definition) is 2. The van der Waals surface area contributed by atoms with Crippen LogP contribution in [0.15, 0.2) is 10.9 Å². The Bertz CT molecular complexity index is 816. The minimum atomic E-state index is -0.854. The Hall–Kier alpha value is -2.15. The van der Waals surface area contributed by atoms with Crippen molar-refractivity contribution in [1.82, 2.24) is 14.8 Å². The number of aryl methyl sites for hydroxylation is 2. The number of fused-ring (bicyclic) bond motifs is 1. The summed E-state index contributed by atoms with van der Waals surface area (Å²) in [5.74, 6) is -0.413. The van der Waals surface area contributed by atoms with Crippen LogP contribution in [0.5, 0.6) is 0 Å². The number of aromatic amines is 1. The maximum absolute atomic E-state index is 13.3. The fraction of sp³-hybridized carbons (Fsp3) is 0.650. The Morgan fingerprint density at radius 2 is 1.85 bits per heavy atom. The van der Waals surface area contributed by atoms with E-state index in [0.717, 1.165) is 49.8 Å². The number of carbonyl (C=O) groups excluding carboxylic acids is 2. The summed E-state index contributed by atoms with van der Waals surface area (Å²) in [6.45, 7) is 1.32. The van der Waals surface area contributed by atoms with Crippen molar-refractivity contribution in [2.24, 2.45) is 0 Å². The maximum atomic E-state index is 13.3. The van der Waals surface area contributed by atoms with E-state index < -0.39 is 5.54 Å². The molecule has 2 aliphatic heterocycles. The molecule has 3 heterocycles. The van der Waals surface area contributed by atoms with Gasteiger partial charge in [0.05, 0.1) is 6.61 Å². The number of rotatable bonds is 3. The van der Waals surface area contributed by atoms with E-state index in [1.165, 1.54) is 0 Å². The first kappa shape index (κ1) is 18.2. The Labute approximate surface area is 158 Å². The highest BCUT2D eigenvalue weighted by Gasteiger charge is 2.53. The van der Waals surface area contributed by atoms with Gasteiger partial charge in [-0.25, -0.2) is 0 Å². The van der Waals surface area contributed by atoms with Crippen molar-refractivity contribution in [3.8, 4) is 0 Å². The van der Waals surface area contributed by atoms with Gasteiger partial charge >= 0.3 is 0 Å². The molecule has 2 saturated heterocycles. The summed E-state index contributed by atoms with van der Waals surface area (Å²) in [6, 6.07) is 1.75. The molecule has 2 N–H and O–H groups in total. The van der Waals surface area contributed by atoms with Gasteiger partial charge in [-0.05, 0) is 63.0 Å². The van der Waals surface area contributed by atoms with Crippen molar-refractivity contribution in [2.45, 2.75) is 56.9 Å². The summed E-state index contributed by atoms with van der Waals surface area (Å²) >= 11 is 0. The van der Waals surface area contributed by atoms with E-state index in [1.807, 2.05) is 0 Å². The summed E-state index contributed by atoms with van der Waals surface area (Å²) in [5.41, 5.74) is 0.950. The second-order valence-corrected chi connectivity index (χ2v) is 7.93. The summed E-state index contributed by atoms with van der Waals surface area (Å²) in [5, 5.41) is 9.25. The highest BCUT2D eigenvalue weighted by Crippen LogP contribution is 2.39. The minimum Gasteiger partial charge on any atom is -0.395 e. The monoisotopic (exact) mass is 373 g/mol. The molecule has 0 saturated carbocycles. The van der Waals surface area contributed by atoms with Gasteiger partial charge in [0.15, 0.2) is 0 Å². The average molecular weight is 373 g/mol. The number of nitrogens with zero attached hydrogens (tertiary/aromatic N) is 2. The van der Waals surface area contributed by atoms with Crippen LogP contribution in [0.25, 0.3) is 0 Å². The lowest BCUT2D eigenvalue weighted by Crippen LogP contribution is -2.62. The SMILES string of the molecule is O=C(c1cc2c([nH]c1=O)CCCC2)N1CCCC12CCCN(CCO)C2=O. The van der Waals surface area contributed by atoms with Gasteiger partial charge in [0.1, 0.15) is 11.1 Å². The molecule has 4 rings (SSSR count). The van der Waals surface area contributed by atoms with Gasteiger partial charge in [-0.15, -0.1) is 0 Å². The molecule has 1 unspecified atom stereocenters. The lowest BCUT2D eigenvalue weighted by atomic mass is 9.85. The number of piperidine rings is 1. The van der Waals surface area contributed by atoms with Crippen molar-refractivity contribution in [3.63, 3.8) is 0 Å². The third-order valence-electron chi connectivity index (χ3n) is 6.38. The van der Waals surface area contributed by atoms with Crippen molar-refractivity contribution in [2.75, 3.05) is 26.2 Å². The molecule has 27 heavy (non-hydrogen) atoms. The summed E-state index contributed by atoms with van der Waals surface area (Å²) in [7, 11) is 0. The number of carbonyl (C=O) groups is 2. The van der Waals surface area contributed by atoms with Gasteiger partial charge in [0.2, 0.25) is 5.91 Å². The van der Waals surface area contributed by atoms with Crippen LogP contribution in [0.2, 0.25) is 0 Å². The normalized spacial score (nSPS) is 25.1. The summed E-state index contributed by atoms with van der Waals surface area (Å²) in [4.78, 5) is 45.2. The van der Waals surface area contributed by atoms with Gasteiger partial charge in [-0.2, -0.15) is 0 Å². The first-order valence-electron chi connectivity index (χ1n) is 10.0. The maximum Gasteiger partial charge on any atom is 0.261 e. The zero-order valence-corrected chi connectivity index (χ0v) is 15.6. The molecule has 1 aromatic rings. The topological polar surface area (TPSA) is 93.7 Å². The van der Waals surface area contributed by atoms with Gasteiger partial charge < -0.3 is 19.9 Å². The van der Waals surface area contributed by atoms with Crippen LogP contribution in [0.3, 0.4) is 0 Å². The standard InChI is InChI=1S/C20H27N3O4/c24-12-11-22-9-3-7-20(19(22)27)8-4-10-23(20)18(26)15-13-14-5-1-2-6-16(14)21-17(15)25/h13,24H,1-12H2,(H,21,25). The number of aliphatic hydroxyl groups is 1. The predicted molar refractivity (Wildman–Crippen MR) is 99.6 cm³/mol. The molecular formula is C20H27N3O4. The predicted octanol–water partition coefficient (Wildman–Crippen LogP) is 0.843. The van der Waals surface area contributed by atoms with Crippen molar-refractivity contribution >= 4 is 11.8 Å². The zero-order chi connectivity index (χ0) is 19.0. The highest BCUT2D eigenvalue weighted by atomic mass is 16.3. The van der Waals surface area contributed by atoms with Gasteiger partial charge in [-0.1, -0.05) is 0 Å². The molecule has 1 spiro atoms. The zero-order valence-electron chi connectivity index (χ0n) is 15.6. The number of aromatic nitrogens is 1. The summed E-state index contributed by atoms with van der Waals surface area (Å²) in [6.07, 6.45) is 6.66. The smallest absolute Gasteiger partial charge is 0.261 e. The number of pyridine rings is 1. The van der Waals surface area contributed by atoms with Crippen LogP contribution in [-0.4, -0.2) is 63.5 Å². The first-order chi connectivity index (χ1) is 13.1. The molecule has 0 aromatic carbocycles. The van der Waals surface area contributed by atoms with Crippen molar-refractivity contribution < 1.29 is 14.7 Å². The van der Waals surface area contributed by atoms with Crippen LogP contribution < -0.4 is 5.56 Å². The molecule has 1 atom stereocenters. The van der Waals surface area contributed by atoms with Gasteiger partial charge in [0, 0.05) is 25.3 Å². The third-order valence-corrected chi connectivity index (χ3v) is 6.38. The lowest BCUT2D eigenvalue weighted by molar-refractivity contribution is -0.146. The quantitative estimate of drug-likeness (QED) is 0.821. The van der Waals surface area contributed by atoms with Crippen LogP contribution >= 0.6 is 0 Å². The molecule has 3 aliphatic rings. The van der Waals surface area contributed by atoms with E-state index >= 15 is 0 Å². The van der Waals surface area contributed by atoms with E-state index in [1.54, 1.807) is 15.9 Å². The van der Waals surface area contributed by atoms with Crippen LogP contribution in [0, 0.1) is 0 Å². The molecule has 1 aromatic heterocycles. The highest BCUT2D eigenvalue weighted by molar-refractivity contribution is 6.00. The van der Waals surface area contributed by atoms with Crippen molar-refractivity contribution in [1.29, 1.82) is 0 Å². The second kappa shape index (κ2) is 7.11. The molecule has 1 aliphatic carbocycles. The Morgan fingerprint density at radius 3 is 2.63 bits per heavy atom. The number of β-amino-alcohol motifs (C(OH)–C–C–N with tert-alkyl or cyclic N) is 1. The Morgan fingerprint density at radius 1 is 1.11 bits per heavy atom. The number of hydrogen-bond acceptors (Lipinski definition) is 4. The van der Waals surface area contributed by atoms with Crippen molar-refractivity contribution in [3.05, 3.63) is 33.2 Å². The van der Waals surface area contributed by atoms with E-state index in [0.29, 0.717) is 32.5 Å². The molecule has 2 amide bonds. The molecule has 2 fully saturated rings. The van der Waals surface area contributed by atoms with Gasteiger partial charge in [-0.3, -0.25) is 14.4 Å². The first-order valence-corrected chi connectivity index (χ1v) is 10.0. The molecule has 7 heteroatoms. The third kappa shape index (κ3) is 2.98. The minimum absolute atomic E-state index is 0.0805.